The average molecular weight is 404 g/mol. The van der Waals surface area contributed by atoms with Gasteiger partial charge in [0, 0.05) is 40.9 Å². The van der Waals surface area contributed by atoms with Crippen molar-refractivity contribution < 1.29 is 9.53 Å². The standard InChI is InChI=1S/C25H29N3O2/c1-24(2,3)28-14-16(13-26)21-20(15-7-9-17(30-6)10-8-15)22-18(27-23(21)28)11-25(4,5)12-19(22)29/h7-10,14,20,27H,11-12H2,1-6H3/t20-/m1/s1. The van der Waals surface area contributed by atoms with Gasteiger partial charge in [0.05, 0.1) is 12.7 Å². The van der Waals surface area contributed by atoms with Crippen molar-refractivity contribution in [1.82, 2.24) is 4.57 Å². The minimum absolute atomic E-state index is 0.0951. The van der Waals surface area contributed by atoms with Gasteiger partial charge in [0.1, 0.15) is 17.6 Å². The first-order chi connectivity index (χ1) is 14.1. The van der Waals surface area contributed by atoms with Crippen molar-refractivity contribution in [3.8, 4) is 11.8 Å². The van der Waals surface area contributed by atoms with Gasteiger partial charge in [0.2, 0.25) is 0 Å². The van der Waals surface area contributed by atoms with Gasteiger partial charge in [-0.05, 0) is 50.3 Å². The molecule has 0 spiro atoms. The maximum Gasteiger partial charge on any atom is 0.162 e. The Morgan fingerprint density at radius 1 is 1.20 bits per heavy atom. The van der Waals surface area contributed by atoms with Crippen molar-refractivity contribution in [2.24, 2.45) is 5.41 Å². The maximum atomic E-state index is 13.4. The van der Waals surface area contributed by atoms with E-state index in [-0.39, 0.29) is 22.7 Å². The number of nitrogens with one attached hydrogen (secondary N) is 1. The lowest BCUT2D eigenvalue weighted by Gasteiger charge is -2.40. The summed E-state index contributed by atoms with van der Waals surface area (Å²) in [4.78, 5) is 13.4. The molecule has 2 aliphatic rings. The lowest BCUT2D eigenvalue weighted by atomic mass is 9.69. The Hall–Kier alpha value is -3.00. The zero-order chi connectivity index (χ0) is 21.8. The normalized spacial score (nSPS) is 20.2. The number of benzene rings is 1. The molecule has 2 heterocycles. The van der Waals surface area contributed by atoms with Gasteiger partial charge in [0.25, 0.3) is 0 Å². The fourth-order valence-corrected chi connectivity index (χ4v) is 4.76. The summed E-state index contributed by atoms with van der Waals surface area (Å²) in [7, 11) is 1.64. The molecule has 5 nitrogen and oxygen atoms in total. The number of Topliss-reactive ketones (excluding diaryl/α,β-unsaturated/α-hetero) is 1. The molecule has 4 rings (SSSR count). The number of rotatable bonds is 2. The van der Waals surface area contributed by atoms with Gasteiger partial charge in [-0.2, -0.15) is 5.26 Å². The summed E-state index contributed by atoms with van der Waals surface area (Å²) in [5.74, 6) is 1.59. The maximum absolute atomic E-state index is 13.4. The Morgan fingerprint density at radius 2 is 1.87 bits per heavy atom. The number of ketones is 1. The fourth-order valence-electron chi connectivity index (χ4n) is 4.76. The molecule has 2 aromatic rings. The molecule has 0 unspecified atom stereocenters. The largest absolute Gasteiger partial charge is 0.497 e. The van der Waals surface area contributed by atoms with Gasteiger partial charge in [-0.25, -0.2) is 0 Å². The highest BCUT2D eigenvalue weighted by atomic mass is 16.5. The third kappa shape index (κ3) is 3.21. The van der Waals surface area contributed by atoms with Gasteiger partial charge in [0.15, 0.2) is 5.78 Å². The van der Waals surface area contributed by atoms with Gasteiger partial charge < -0.3 is 14.6 Å². The number of hydrogen-bond acceptors (Lipinski definition) is 4. The Balaban J connectivity index is 2.00. The molecule has 1 aromatic carbocycles. The lowest BCUT2D eigenvalue weighted by molar-refractivity contribution is -0.118. The minimum Gasteiger partial charge on any atom is -0.497 e. The van der Waals surface area contributed by atoms with Crippen LogP contribution < -0.4 is 10.1 Å². The first-order valence-corrected chi connectivity index (χ1v) is 10.4. The zero-order valence-electron chi connectivity index (χ0n) is 18.6. The summed E-state index contributed by atoms with van der Waals surface area (Å²) >= 11 is 0. The Labute approximate surface area is 178 Å². The van der Waals surface area contributed by atoms with Crippen LogP contribution in [0.3, 0.4) is 0 Å². The van der Waals surface area contributed by atoms with Gasteiger partial charge in [-0.3, -0.25) is 4.79 Å². The highest BCUT2D eigenvalue weighted by molar-refractivity contribution is 6.01. The van der Waals surface area contributed by atoms with Crippen LogP contribution >= 0.6 is 0 Å². The molecule has 0 fully saturated rings. The molecule has 1 atom stereocenters. The zero-order valence-corrected chi connectivity index (χ0v) is 18.6. The molecule has 1 aliphatic heterocycles. The van der Waals surface area contributed by atoms with Crippen LogP contribution in [0, 0.1) is 16.7 Å². The highest BCUT2D eigenvalue weighted by Gasteiger charge is 2.43. The second-order valence-corrected chi connectivity index (χ2v) is 10.1. The van der Waals surface area contributed by atoms with Gasteiger partial charge >= 0.3 is 0 Å². The Bertz CT molecular complexity index is 1090. The van der Waals surface area contributed by atoms with E-state index in [4.69, 9.17) is 4.74 Å². The number of allylic oxidation sites excluding steroid dienone is 2. The molecule has 30 heavy (non-hydrogen) atoms. The average Bonchev–Trinajstić information content (AvgIpc) is 3.04. The molecule has 1 aromatic heterocycles. The summed E-state index contributed by atoms with van der Waals surface area (Å²) in [5, 5.41) is 13.5. The minimum atomic E-state index is -0.260. The van der Waals surface area contributed by atoms with Crippen molar-refractivity contribution in [3.05, 3.63) is 58.4 Å². The smallest absolute Gasteiger partial charge is 0.162 e. The molecule has 0 saturated heterocycles. The number of fused-ring (bicyclic) bond motifs is 1. The van der Waals surface area contributed by atoms with Crippen molar-refractivity contribution in [1.29, 1.82) is 5.26 Å². The van der Waals surface area contributed by atoms with E-state index >= 15 is 0 Å². The van der Waals surface area contributed by atoms with E-state index in [0.29, 0.717) is 12.0 Å². The van der Waals surface area contributed by atoms with Crippen molar-refractivity contribution in [2.45, 2.75) is 58.9 Å². The third-order valence-electron chi connectivity index (χ3n) is 6.10. The first kappa shape index (κ1) is 20.3. The molecule has 5 heteroatoms. The lowest BCUT2D eigenvalue weighted by Crippen LogP contribution is -2.35. The van der Waals surface area contributed by atoms with Crippen LogP contribution in [0.15, 0.2) is 41.7 Å². The number of carbonyl (C=O) groups excluding carboxylic acids is 1. The number of hydrogen-bond donors (Lipinski definition) is 1. The van der Waals surface area contributed by atoms with E-state index < -0.39 is 0 Å². The molecule has 0 radical (unpaired) electrons. The summed E-state index contributed by atoms with van der Waals surface area (Å²) in [5.41, 5.74) is 3.99. The number of nitriles is 1. The highest BCUT2D eigenvalue weighted by Crippen LogP contribution is 2.51. The fraction of sp³-hybridized carbons (Fsp3) is 0.440. The first-order valence-electron chi connectivity index (χ1n) is 10.4. The number of carbonyl (C=O) groups is 1. The van der Waals surface area contributed by atoms with Crippen LogP contribution in [0.1, 0.15) is 70.1 Å². The van der Waals surface area contributed by atoms with E-state index in [2.05, 4.69) is 50.6 Å². The number of nitrogens with zero attached hydrogens (tertiary/aromatic N) is 2. The molecule has 0 bridgehead atoms. The van der Waals surface area contributed by atoms with Crippen molar-refractivity contribution in [2.75, 3.05) is 12.4 Å². The number of anilines is 1. The van der Waals surface area contributed by atoms with Crippen LogP contribution in [0.2, 0.25) is 0 Å². The quantitative estimate of drug-likeness (QED) is 0.736. The predicted octanol–water partition coefficient (Wildman–Crippen LogP) is 5.32. The van der Waals surface area contributed by atoms with E-state index in [1.807, 2.05) is 30.5 Å². The van der Waals surface area contributed by atoms with Gasteiger partial charge in [-0.15, -0.1) is 0 Å². The Kier molecular flexibility index (Phi) is 4.58. The van der Waals surface area contributed by atoms with E-state index in [1.54, 1.807) is 7.11 Å². The van der Waals surface area contributed by atoms with E-state index in [0.717, 1.165) is 40.4 Å². The van der Waals surface area contributed by atoms with Crippen LogP contribution in [0.4, 0.5) is 5.82 Å². The Morgan fingerprint density at radius 3 is 2.43 bits per heavy atom. The van der Waals surface area contributed by atoms with Crippen LogP contribution in [-0.2, 0) is 10.3 Å². The van der Waals surface area contributed by atoms with E-state index in [9.17, 15) is 10.1 Å². The topological polar surface area (TPSA) is 67.0 Å². The molecule has 0 amide bonds. The second kappa shape index (κ2) is 6.77. The SMILES string of the molecule is COc1ccc([C@H]2C3=C(CC(C)(C)CC3=O)Nc3c2c(C#N)cn3C(C)(C)C)cc1. The molecule has 1 N–H and O–H groups in total. The number of aromatic nitrogens is 1. The van der Waals surface area contributed by atoms with Crippen molar-refractivity contribution >= 4 is 11.6 Å². The number of methoxy groups -OCH3 is 1. The van der Waals surface area contributed by atoms with Gasteiger partial charge in [-0.1, -0.05) is 26.0 Å². The van der Waals surface area contributed by atoms with Crippen LogP contribution in [0.25, 0.3) is 0 Å². The van der Waals surface area contributed by atoms with Crippen molar-refractivity contribution in [3.63, 3.8) is 0 Å². The molecule has 0 saturated carbocycles. The second-order valence-electron chi connectivity index (χ2n) is 10.1. The molecule has 1 aliphatic carbocycles. The third-order valence-corrected chi connectivity index (χ3v) is 6.10. The summed E-state index contributed by atoms with van der Waals surface area (Å²) in [6, 6.07) is 10.2. The van der Waals surface area contributed by atoms with E-state index in [1.165, 1.54) is 0 Å². The van der Waals surface area contributed by atoms with Crippen LogP contribution in [0.5, 0.6) is 5.75 Å². The van der Waals surface area contributed by atoms with Crippen LogP contribution in [-0.4, -0.2) is 17.5 Å². The predicted molar refractivity (Wildman–Crippen MR) is 118 cm³/mol. The molecular formula is C25H29N3O2. The summed E-state index contributed by atoms with van der Waals surface area (Å²) in [6.45, 7) is 10.6. The number of ether oxygens (including phenoxy) is 1. The monoisotopic (exact) mass is 403 g/mol. The summed E-state index contributed by atoms with van der Waals surface area (Å²) in [6.07, 6.45) is 3.23. The summed E-state index contributed by atoms with van der Waals surface area (Å²) < 4.78 is 7.46. The molecular weight excluding hydrogens is 374 g/mol. The molecule has 156 valence electrons.